The van der Waals surface area contributed by atoms with Gasteiger partial charge in [0.1, 0.15) is 5.75 Å². The first-order valence-electron chi connectivity index (χ1n) is 6.82. The predicted octanol–water partition coefficient (Wildman–Crippen LogP) is 2.20. The highest BCUT2D eigenvalue weighted by Crippen LogP contribution is 2.46. The summed E-state index contributed by atoms with van der Waals surface area (Å²) in [6.45, 7) is 1.63. The molecule has 0 fully saturated rings. The average Bonchev–Trinajstić information content (AvgIpc) is 2.53. The third-order valence-electron chi connectivity index (χ3n) is 3.95. The largest absolute Gasteiger partial charge is 0.507 e. The Labute approximate surface area is 131 Å². The molecule has 2 N–H and O–H groups in total. The third kappa shape index (κ3) is 1.88. The molecule has 0 unspecified atom stereocenters. The molecular weight excluding hydrogens is 300 g/mol. The summed E-state index contributed by atoms with van der Waals surface area (Å²) < 4.78 is 10.2. The Morgan fingerprint density at radius 2 is 1.48 bits per heavy atom. The highest BCUT2D eigenvalue weighted by atomic mass is 16.5. The van der Waals surface area contributed by atoms with Gasteiger partial charge < -0.3 is 19.7 Å². The Hall–Kier alpha value is -3.02. The summed E-state index contributed by atoms with van der Waals surface area (Å²) in [4.78, 5) is 25.5. The molecular formula is C17H14O6. The van der Waals surface area contributed by atoms with Crippen LogP contribution in [0.5, 0.6) is 23.0 Å². The van der Waals surface area contributed by atoms with Crippen molar-refractivity contribution in [2.24, 2.45) is 0 Å². The van der Waals surface area contributed by atoms with Gasteiger partial charge in [0.05, 0.1) is 25.3 Å². The molecule has 6 nitrogen and oxygen atoms in total. The van der Waals surface area contributed by atoms with E-state index in [1.54, 1.807) is 13.0 Å². The van der Waals surface area contributed by atoms with Crippen molar-refractivity contribution >= 4 is 11.6 Å². The van der Waals surface area contributed by atoms with Crippen LogP contribution in [0.4, 0.5) is 0 Å². The lowest BCUT2D eigenvalue weighted by atomic mass is 9.82. The number of ether oxygens (including phenoxy) is 2. The Morgan fingerprint density at radius 1 is 0.870 bits per heavy atom. The number of phenolic OH excluding ortho intramolecular Hbond substituents is 2. The summed E-state index contributed by atoms with van der Waals surface area (Å²) in [5, 5.41) is 20.2. The van der Waals surface area contributed by atoms with E-state index in [2.05, 4.69) is 0 Å². The van der Waals surface area contributed by atoms with Crippen molar-refractivity contribution in [2.75, 3.05) is 14.2 Å². The molecule has 23 heavy (non-hydrogen) atoms. The van der Waals surface area contributed by atoms with Crippen molar-refractivity contribution in [1.29, 1.82) is 0 Å². The second-order valence-corrected chi connectivity index (χ2v) is 5.20. The SMILES string of the molecule is COc1c(O)cc2c(c1OC)C(=O)c1ccc(C)c(O)c1C2=O. The molecule has 0 atom stereocenters. The van der Waals surface area contributed by atoms with E-state index in [9.17, 15) is 19.8 Å². The summed E-state index contributed by atoms with van der Waals surface area (Å²) in [7, 11) is 2.64. The van der Waals surface area contributed by atoms with Crippen LogP contribution in [0.15, 0.2) is 18.2 Å². The van der Waals surface area contributed by atoms with Gasteiger partial charge >= 0.3 is 0 Å². The number of benzene rings is 2. The molecule has 0 heterocycles. The van der Waals surface area contributed by atoms with Crippen LogP contribution in [0.2, 0.25) is 0 Å². The number of phenols is 2. The van der Waals surface area contributed by atoms with Crippen LogP contribution < -0.4 is 9.47 Å². The molecule has 0 bridgehead atoms. The van der Waals surface area contributed by atoms with Crippen molar-refractivity contribution in [2.45, 2.75) is 6.92 Å². The van der Waals surface area contributed by atoms with Crippen molar-refractivity contribution < 1.29 is 29.3 Å². The molecule has 0 spiro atoms. The topological polar surface area (TPSA) is 93.1 Å². The summed E-state index contributed by atoms with van der Waals surface area (Å²) >= 11 is 0. The van der Waals surface area contributed by atoms with Crippen LogP contribution in [0.25, 0.3) is 0 Å². The monoisotopic (exact) mass is 314 g/mol. The van der Waals surface area contributed by atoms with Crippen LogP contribution >= 0.6 is 0 Å². The number of hydrogen-bond acceptors (Lipinski definition) is 6. The van der Waals surface area contributed by atoms with Gasteiger partial charge in [0.15, 0.2) is 23.1 Å². The fourth-order valence-electron chi connectivity index (χ4n) is 2.81. The number of aromatic hydroxyl groups is 2. The second kappa shape index (κ2) is 5.01. The maximum absolute atomic E-state index is 12.8. The number of methoxy groups -OCH3 is 2. The minimum absolute atomic E-state index is 0.00781. The van der Waals surface area contributed by atoms with E-state index in [-0.39, 0.29) is 45.3 Å². The normalized spacial score (nSPS) is 12.7. The molecule has 0 radical (unpaired) electrons. The Kier molecular flexibility index (Phi) is 3.25. The van der Waals surface area contributed by atoms with Gasteiger partial charge in [0.25, 0.3) is 0 Å². The van der Waals surface area contributed by atoms with Gasteiger partial charge in [-0.2, -0.15) is 0 Å². The zero-order valence-corrected chi connectivity index (χ0v) is 12.8. The van der Waals surface area contributed by atoms with Crippen molar-refractivity contribution in [1.82, 2.24) is 0 Å². The summed E-state index contributed by atoms with van der Waals surface area (Å²) in [5.41, 5.74) is 0.505. The number of rotatable bonds is 2. The smallest absolute Gasteiger partial charge is 0.203 e. The number of fused-ring (bicyclic) bond motifs is 2. The van der Waals surface area contributed by atoms with E-state index in [4.69, 9.17) is 9.47 Å². The van der Waals surface area contributed by atoms with Crippen LogP contribution in [-0.2, 0) is 0 Å². The lowest BCUT2D eigenvalue weighted by Crippen LogP contribution is -2.22. The number of hydrogen-bond donors (Lipinski definition) is 2. The first kappa shape index (κ1) is 14.9. The van der Waals surface area contributed by atoms with Crippen molar-refractivity contribution in [3.8, 4) is 23.0 Å². The zero-order chi connectivity index (χ0) is 16.9. The lowest BCUT2D eigenvalue weighted by molar-refractivity contribution is 0.0973. The molecule has 3 rings (SSSR count). The summed E-state index contributed by atoms with van der Waals surface area (Å²) in [6, 6.07) is 4.21. The first-order chi connectivity index (χ1) is 10.9. The van der Waals surface area contributed by atoms with E-state index in [0.29, 0.717) is 5.56 Å². The van der Waals surface area contributed by atoms with E-state index in [1.807, 2.05) is 0 Å². The summed E-state index contributed by atoms with van der Waals surface area (Å²) in [5.74, 6) is -1.61. The average molecular weight is 314 g/mol. The fraction of sp³-hybridized carbons (Fsp3) is 0.176. The van der Waals surface area contributed by atoms with Crippen molar-refractivity contribution in [3.05, 3.63) is 46.0 Å². The van der Waals surface area contributed by atoms with Gasteiger partial charge in [-0.05, 0) is 24.6 Å². The molecule has 6 heteroatoms. The van der Waals surface area contributed by atoms with Crippen LogP contribution in [0, 0.1) is 6.92 Å². The zero-order valence-electron chi connectivity index (χ0n) is 12.8. The number of ketones is 2. The Balaban J connectivity index is 2.40. The lowest BCUT2D eigenvalue weighted by Gasteiger charge is -2.22. The molecule has 0 saturated carbocycles. The minimum atomic E-state index is -0.549. The molecule has 1 aliphatic carbocycles. The Morgan fingerprint density at radius 3 is 2.09 bits per heavy atom. The third-order valence-corrected chi connectivity index (χ3v) is 3.95. The molecule has 1 aliphatic rings. The molecule has 0 saturated heterocycles. The number of aryl methyl sites for hydroxylation is 1. The van der Waals surface area contributed by atoms with Gasteiger partial charge in [0, 0.05) is 11.1 Å². The highest BCUT2D eigenvalue weighted by Gasteiger charge is 2.37. The predicted molar refractivity (Wildman–Crippen MR) is 80.9 cm³/mol. The van der Waals surface area contributed by atoms with Gasteiger partial charge in [-0.1, -0.05) is 6.07 Å². The standard InChI is InChI=1S/C17H14O6/c1-7-4-5-8-11(13(7)19)15(21)9-6-10(18)16(22-2)17(23-3)12(9)14(8)20/h4-6,18-19H,1-3H3. The maximum atomic E-state index is 12.8. The molecule has 2 aromatic rings. The van der Waals surface area contributed by atoms with Gasteiger partial charge in [-0.15, -0.1) is 0 Å². The van der Waals surface area contributed by atoms with E-state index in [1.165, 1.54) is 20.3 Å². The van der Waals surface area contributed by atoms with Crippen LogP contribution in [-0.4, -0.2) is 36.0 Å². The molecule has 0 amide bonds. The maximum Gasteiger partial charge on any atom is 0.203 e. The molecule has 0 aromatic heterocycles. The molecule has 2 aromatic carbocycles. The van der Waals surface area contributed by atoms with E-state index in [0.717, 1.165) is 6.07 Å². The van der Waals surface area contributed by atoms with Gasteiger partial charge in [-0.25, -0.2) is 0 Å². The minimum Gasteiger partial charge on any atom is -0.507 e. The van der Waals surface area contributed by atoms with Crippen molar-refractivity contribution in [3.63, 3.8) is 0 Å². The summed E-state index contributed by atoms with van der Waals surface area (Å²) in [6.07, 6.45) is 0. The first-order valence-corrected chi connectivity index (χ1v) is 6.82. The fourth-order valence-corrected chi connectivity index (χ4v) is 2.81. The quantitative estimate of drug-likeness (QED) is 0.753. The second-order valence-electron chi connectivity index (χ2n) is 5.20. The molecule has 118 valence electrons. The van der Waals surface area contributed by atoms with Crippen LogP contribution in [0.1, 0.15) is 37.4 Å². The van der Waals surface area contributed by atoms with E-state index < -0.39 is 11.6 Å². The van der Waals surface area contributed by atoms with Gasteiger partial charge in [0.2, 0.25) is 5.75 Å². The van der Waals surface area contributed by atoms with Crippen LogP contribution in [0.3, 0.4) is 0 Å². The highest BCUT2D eigenvalue weighted by molar-refractivity contribution is 6.30. The van der Waals surface area contributed by atoms with Gasteiger partial charge in [-0.3, -0.25) is 9.59 Å². The number of carbonyl (C=O) groups is 2. The molecule has 0 aliphatic heterocycles. The number of carbonyl (C=O) groups excluding carboxylic acids is 2. The van der Waals surface area contributed by atoms with E-state index >= 15 is 0 Å². The Bertz CT molecular complexity index is 866.